The molecule has 2 heterocycles. The summed E-state index contributed by atoms with van der Waals surface area (Å²) in [5.74, 6) is 5.79. The second-order valence-corrected chi connectivity index (χ2v) is 3.56. The van der Waals surface area contributed by atoms with Crippen molar-refractivity contribution in [3.05, 3.63) is 18.0 Å². The average molecular weight is 205 g/mol. The zero-order valence-corrected chi connectivity index (χ0v) is 8.65. The fourth-order valence-corrected chi connectivity index (χ4v) is 1.71. The SMILES string of the molecule is NCC#Cc1cnn(C2CCOCC2)c1. The van der Waals surface area contributed by atoms with E-state index in [2.05, 4.69) is 16.9 Å². The van der Waals surface area contributed by atoms with Crippen LogP contribution in [0.1, 0.15) is 24.4 Å². The number of hydrogen-bond acceptors (Lipinski definition) is 3. The van der Waals surface area contributed by atoms with Gasteiger partial charge in [-0.15, -0.1) is 0 Å². The molecule has 0 radical (unpaired) electrons. The van der Waals surface area contributed by atoms with E-state index in [-0.39, 0.29) is 0 Å². The van der Waals surface area contributed by atoms with Gasteiger partial charge in [-0.25, -0.2) is 0 Å². The second kappa shape index (κ2) is 4.96. The minimum Gasteiger partial charge on any atom is -0.381 e. The summed E-state index contributed by atoms with van der Waals surface area (Å²) in [5, 5.41) is 4.31. The molecule has 0 atom stereocenters. The Kier molecular flexibility index (Phi) is 3.38. The van der Waals surface area contributed by atoms with Crippen LogP contribution in [0.5, 0.6) is 0 Å². The van der Waals surface area contributed by atoms with Crippen LogP contribution < -0.4 is 5.73 Å². The van der Waals surface area contributed by atoms with Crippen molar-refractivity contribution < 1.29 is 4.74 Å². The van der Waals surface area contributed by atoms with Gasteiger partial charge in [0.15, 0.2) is 0 Å². The van der Waals surface area contributed by atoms with Crippen LogP contribution in [0.15, 0.2) is 12.4 Å². The molecule has 0 unspecified atom stereocenters. The molecule has 1 saturated heterocycles. The molecule has 1 aromatic rings. The van der Waals surface area contributed by atoms with Crippen molar-refractivity contribution in [2.24, 2.45) is 5.73 Å². The number of aromatic nitrogens is 2. The normalized spacial score (nSPS) is 17.1. The average Bonchev–Trinajstić information content (AvgIpc) is 2.76. The minimum atomic E-state index is 0.391. The standard InChI is InChI=1S/C11H15N3O/c12-5-1-2-10-8-13-14(9-10)11-3-6-15-7-4-11/h8-9,11H,3-7,12H2. The van der Waals surface area contributed by atoms with Crippen LogP contribution in [-0.2, 0) is 4.74 Å². The first-order chi connectivity index (χ1) is 7.40. The summed E-state index contributed by atoms with van der Waals surface area (Å²) >= 11 is 0. The highest BCUT2D eigenvalue weighted by atomic mass is 16.5. The third-order valence-corrected chi connectivity index (χ3v) is 2.50. The molecule has 0 saturated carbocycles. The van der Waals surface area contributed by atoms with Gasteiger partial charge in [0.2, 0.25) is 0 Å². The number of nitrogens with two attached hydrogens (primary N) is 1. The summed E-state index contributed by atoms with van der Waals surface area (Å²) < 4.78 is 7.30. The Labute approximate surface area is 89.4 Å². The van der Waals surface area contributed by atoms with Crippen LogP contribution in [0.25, 0.3) is 0 Å². The molecule has 2 rings (SSSR count). The molecule has 4 nitrogen and oxygen atoms in total. The van der Waals surface area contributed by atoms with Crippen molar-refractivity contribution in [2.45, 2.75) is 18.9 Å². The predicted octanol–water partition coefficient (Wildman–Crippen LogP) is 0.545. The summed E-state index contributed by atoms with van der Waals surface area (Å²) in [4.78, 5) is 0. The Hall–Kier alpha value is -1.31. The maximum atomic E-state index is 5.31. The molecule has 80 valence electrons. The molecule has 1 aliphatic heterocycles. The van der Waals surface area contributed by atoms with Crippen molar-refractivity contribution >= 4 is 0 Å². The molecular weight excluding hydrogens is 190 g/mol. The molecule has 0 bridgehead atoms. The molecule has 1 aromatic heterocycles. The van der Waals surface area contributed by atoms with Gasteiger partial charge in [0, 0.05) is 19.4 Å². The van der Waals surface area contributed by atoms with Crippen LogP contribution in [-0.4, -0.2) is 29.5 Å². The van der Waals surface area contributed by atoms with Gasteiger partial charge in [-0.2, -0.15) is 5.10 Å². The van der Waals surface area contributed by atoms with Gasteiger partial charge in [0.25, 0.3) is 0 Å². The Morgan fingerprint density at radius 1 is 1.53 bits per heavy atom. The number of ether oxygens (including phenoxy) is 1. The van der Waals surface area contributed by atoms with Crippen LogP contribution in [0.4, 0.5) is 0 Å². The lowest BCUT2D eigenvalue weighted by Gasteiger charge is -2.22. The first-order valence-corrected chi connectivity index (χ1v) is 5.21. The number of rotatable bonds is 1. The second-order valence-electron chi connectivity index (χ2n) is 3.56. The topological polar surface area (TPSA) is 53.1 Å². The van der Waals surface area contributed by atoms with Gasteiger partial charge in [-0.05, 0) is 12.8 Å². The lowest BCUT2D eigenvalue weighted by Crippen LogP contribution is -2.19. The fourth-order valence-electron chi connectivity index (χ4n) is 1.71. The third-order valence-electron chi connectivity index (χ3n) is 2.50. The Bertz CT molecular complexity index is 369. The highest BCUT2D eigenvalue weighted by molar-refractivity contribution is 5.30. The van der Waals surface area contributed by atoms with Gasteiger partial charge in [0.1, 0.15) is 0 Å². The third kappa shape index (κ3) is 2.58. The van der Waals surface area contributed by atoms with E-state index in [0.29, 0.717) is 12.6 Å². The summed E-state index contributed by atoms with van der Waals surface area (Å²) in [7, 11) is 0. The molecule has 0 aliphatic carbocycles. The molecule has 15 heavy (non-hydrogen) atoms. The molecule has 1 fully saturated rings. The van der Waals surface area contributed by atoms with Crippen LogP contribution in [0.3, 0.4) is 0 Å². The van der Waals surface area contributed by atoms with E-state index in [0.717, 1.165) is 31.6 Å². The summed E-state index contributed by atoms with van der Waals surface area (Å²) in [6, 6.07) is 0.465. The Balaban J connectivity index is 2.05. The fraction of sp³-hybridized carbons (Fsp3) is 0.545. The van der Waals surface area contributed by atoms with Crippen molar-refractivity contribution in [1.29, 1.82) is 0 Å². The number of hydrogen-bond donors (Lipinski definition) is 1. The van der Waals surface area contributed by atoms with E-state index in [9.17, 15) is 0 Å². The van der Waals surface area contributed by atoms with Crippen molar-refractivity contribution in [3.63, 3.8) is 0 Å². The zero-order chi connectivity index (χ0) is 10.5. The molecule has 0 spiro atoms. The smallest absolute Gasteiger partial charge is 0.0646 e. The lowest BCUT2D eigenvalue weighted by atomic mass is 10.1. The molecular formula is C11H15N3O. The molecule has 0 amide bonds. The largest absolute Gasteiger partial charge is 0.381 e. The van der Waals surface area contributed by atoms with E-state index in [1.165, 1.54) is 0 Å². The van der Waals surface area contributed by atoms with Crippen LogP contribution >= 0.6 is 0 Å². The van der Waals surface area contributed by atoms with Crippen LogP contribution in [0, 0.1) is 11.8 Å². The highest BCUT2D eigenvalue weighted by Gasteiger charge is 2.15. The van der Waals surface area contributed by atoms with Crippen LogP contribution in [0.2, 0.25) is 0 Å². The zero-order valence-electron chi connectivity index (χ0n) is 8.65. The maximum absolute atomic E-state index is 5.31. The minimum absolute atomic E-state index is 0.391. The van der Waals surface area contributed by atoms with Gasteiger partial charge in [-0.3, -0.25) is 4.68 Å². The van der Waals surface area contributed by atoms with Gasteiger partial charge >= 0.3 is 0 Å². The quantitative estimate of drug-likeness (QED) is 0.681. The van der Waals surface area contributed by atoms with Crippen molar-refractivity contribution in [2.75, 3.05) is 19.8 Å². The summed E-state index contributed by atoms with van der Waals surface area (Å²) in [6.07, 6.45) is 5.84. The van der Waals surface area contributed by atoms with E-state index in [4.69, 9.17) is 10.5 Å². The molecule has 2 N–H and O–H groups in total. The Morgan fingerprint density at radius 3 is 3.07 bits per heavy atom. The summed E-state index contributed by atoms with van der Waals surface area (Å²) in [5.41, 5.74) is 6.25. The van der Waals surface area contributed by atoms with E-state index in [1.807, 2.05) is 10.9 Å². The molecule has 0 aromatic carbocycles. The lowest BCUT2D eigenvalue weighted by molar-refractivity contribution is 0.0662. The summed E-state index contributed by atoms with van der Waals surface area (Å²) in [6.45, 7) is 2.05. The maximum Gasteiger partial charge on any atom is 0.0646 e. The highest BCUT2D eigenvalue weighted by Crippen LogP contribution is 2.19. The van der Waals surface area contributed by atoms with E-state index < -0.39 is 0 Å². The predicted molar refractivity (Wildman–Crippen MR) is 57.2 cm³/mol. The monoisotopic (exact) mass is 205 g/mol. The van der Waals surface area contributed by atoms with E-state index in [1.54, 1.807) is 6.20 Å². The molecule has 1 aliphatic rings. The Morgan fingerprint density at radius 2 is 2.33 bits per heavy atom. The first-order valence-electron chi connectivity index (χ1n) is 5.21. The van der Waals surface area contributed by atoms with Crippen molar-refractivity contribution in [1.82, 2.24) is 9.78 Å². The van der Waals surface area contributed by atoms with Gasteiger partial charge in [0.05, 0.1) is 24.3 Å². The van der Waals surface area contributed by atoms with Gasteiger partial charge < -0.3 is 10.5 Å². The van der Waals surface area contributed by atoms with Gasteiger partial charge in [-0.1, -0.05) is 11.8 Å². The van der Waals surface area contributed by atoms with E-state index >= 15 is 0 Å². The number of nitrogens with zero attached hydrogens (tertiary/aromatic N) is 2. The van der Waals surface area contributed by atoms with Crippen molar-refractivity contribution in [3.8, 4) is 11.8 Å². The molecule has 4 heteroatoms. The first kappa shape index (κ1) is 10.2.